The van der Waals surface area contributed by atoms with Gasteiger partial charge in [-0.25, -0.2) is 19.2 Å². The highest BCUT2D eigenvalue weighted by molar-refractivity contribution is 8.26. The summed E-state index contributed by atoms with van der Waals surface area (Å²) in [6.45, 7) is 9.45. The van der Waals surface area contributed by atoms with Gasteiger partial charge in [0.2, 0.25) is 5.91 Å². The van der Waals surface area contributed by atoms with E-state index in [1.807, 2.05) is 52.8 Å². The molecular weight excluding hydrogens is 615 g/mol. The van der Waals surface area contributed by atoms with E-state index in [1.165, 1.54) is 28.4 Å². The molecule has 0 unspecified atom stereocenters. The predicted molar refractivity (Wildman–Crippen MR) is 167 cm³/mol. The molecule has 0 radical (unpaired) electrons. The van der Waals surface area contributed by atoms with Crippen molar-refractivity contribution in [3.8, 4) is 0 Å². The Kier molecular flexibility index (Phi) is 9.20. The number of anilines is 1. The summed E-state index contributed by atoms with van der Waals surface area (Å²) in [5.41, 5.74) is 1.50. The van der Waals surface area contributed by atoms with Gasteiger partial charge in [-0.2, -0.15) is 0 Å². The fourth-order valence-electron chi connectivity index (χ4n) is 5.21. The van der Waals surface area contributed by atoms with Crippen molar-refractivity contribution in [3.05, 3.63) is 54.5 Å². The SMILES string of the molecule is CC[C@H](C)C(=O)N1c2cc(C)ccc2C2=C(SC(C(=O)OC)=C(C(=O)OC)C23SC(C(=O)OC)=C(C(=O)OC)S3)C1(C)C. The predicted octanol–water partition coefficient (Wildman–Crippen LogP) is 4.96. The molecule has 230 valence electrons. The zero-order chi connectivity index (χ0) is 32.0. The maximum atomic E-state index is 14.0. The van der Waals surface area contributed by atoms with Gasteiger partial charge in [-0.3, -0.25) is 4.79 Å². The van der Waals surface area contributed by atoms with E-state index in [-0.39, 0.29) is 32.1 Å². The number of benzene rings is 1. The molecule has 13 heteroatoms. The van der Waals surface area contributed by atoms with Gasteiger partial charge in [-0.05, 0) is 38.8 Å². The van der Waals surface area contributed by atoms with Crippen molar-refractivity contribution in [1.82, 2.24) is 0 Å². The lowest BCUT2D eigenvalue weighted by Gasteiger charge is -2.51. The molecule has 1 spiro atoms. The molecule has 1 amide bonds. The van der Waals surface area contributed by atoms with E-state index in [0.717, 1.165) is 40.8 Å². The van der Waals surface area contributed by atoms with Gasteiger partial charge in [0.05, 0.1) is 45.2 Å². The van der Waals surface area contributed by atoms with Gasteiger partial charge in [-0.1, -0.05) is 61.3 Å². The number of carbonyl (C=O) groups is 5. The Morgan fingerprint density at radius 2 is 1.35 bits per heavy atom. The van der Waals surface area contributed by atoms with Gasteiger partial charge < -0.3 is 23.8 Å². The van der Waals surface area contributed by atoms with Crippen molar-refractivity contribution in [1.29, 1.82) is 0 Å². The van der Waals surface area contributed by atoms with Crippen LogP contribution in [0.3, 0.4) is 0 Å². The number of carbonyl (C=O) groups excluding carboxylic acids is 5. The van der Waals surface area contributed by atoms with E-state index in [1.54, 1.807) is 4.90 Å². The third-order valence-corrected chi connectivity index (χ3v) is 12.2. The molecule has 43 heavy (non-hydrogen) atoms. The molecule has 1 aromatic carbocycles. The van der Waals surface area contributed by atoms with Crippen molar-refractivity contribution >= 4 is 76.3 Å². The average molecular weight is 648 g/mol. The number of methoxy groups -OCH3 is 4. The Labute approximate surface area is 262 Å². The minimum Gasteiger partial charge on any atom is -0.466 e. The van der Waals surface area contributed by atoms with Crippen molar-refractivity contribution in [3.63, 3.8) is 0 Å². The highest BCUT2D eigenvalue weighted by Crippen LogP contribution is 2.71. The minimum absolute atomic E-state index is 0.0805. The largest absolute Gasteiger partial charge is 0.466 e. The quantitative estimate of drug-likeness (QED) is 0.306. The maximum Gasteiger partial charge on any atom is 0.345 e. The smallest absolute Gasteiger partial charge is 0.345 e. The zero-order valence-electron chi connectivity index (χ0n) is 25.4. The molecule has 0 saturated carbocycles. The number of aryl methyl sites for hydroxylation is 1. The Bertz CT molecular complexity index is 1510. The highest BCUT2D eigenvalue weighted by atomic mass is 32.2. The summed E-state index contributed by atoms with van der Waals surface area (Å²) in [6, 6.07) is 5.63. The van der Waals surface area contributed by atoms with Crippen LogP contribution < -0.4 is 4.90 Å². The lowest BCUT2D eigenvalue weighted by Crippen LogP contribution is -2.55. The fourth-order valence-corrected chi connectivity index (χ4v) is 10.3. The maximum absolute atomic E-state index is 14.0. The first-order chi connectivity index (χ1) is 20.2. The van der Waals surface area contributed by atoms with Crippen molar-refractivity contribution in [2.45, 2.75) is 50.7 Å². The molecule has 3 aliphatic heterocycles. The lowest BCUT2D eigenvalue weighted by molar-refractivity contribution is -0.138. The number of hydrogen-bond acceptors (Lipinski definition) is 12. The van der Waals surface area contributed by atoms with Crippen LogP contribution in [0, 0.1) is 12.8 Å². The Balaban J connectivity index is 2.17. The number of hydrogen-bond donors (Lipinski definition) is 0. The third-order valence-electron chi connectivity index (χ3n) is 7.55. The first-order valence-electron chi connectivity index (χ1n) is 13.3. The van der Waals surface area contributed by atoms with Gasteiger partial charge in [0.15, 0.2) is 0 Å². The second-order valence-corrected chi connectivity index (χ2v) is 14.2. The number of amides is 1. The van der Waals surface area contributed by atoms with Crippen LogP contribution in [0.15, 0.2) is 43.4 Å². The summed E-state index contributed by atoms with van der Waals surface area (Å²) in [7, 11) is 4.73. The van der Waals surface area contributed by atoms with E-state index in [4.69, 9.17) is 18.9 Å². The number of nitrogens with zero attached hydrogens (tertiary/aromatic N) is 1. The van der Waals surface area contributed by atoms with Crippen LogP contribution in [0.25, 0.3) is 5.57 Å². The summed E-state index contributed by atoms with van der Waals surface area (Å²) in [5, 5.41) is 0. The molecular formula is C30H33NO9S3. The minimum atomic E-state index is -1.60. The Morgan fingerprint density at radius 3 is 1.84 bits per heavy atom. The van der Waals surface area contributed by atoms with Crippen LogP contribution in [0.5, 0.6) is 0 Å². The van der Waals surface area contributed by atoms with Gasteiger partial charge in [0.25, 0.3) is 0 Å². The average Bonchev–Trinajstić information content (AvgIpc) is 3.38. The van der Waals surface area contributed by atoms with Crippen molar-refractivity contribution in [2.24, 2.45) is 5.92 Å². The number of thioether (sulfide) groups is 3. The second kappa shape index (κ2) is 12.1. The molecule has 3 heterocycles. The summed E-state index contributed by atoms with van der Waals surface area (Å²) in [6.07, 6.45) is 0.607. The first-order valence-corrected chi connectivity index (χ1v) is 15.8. The van der Waals surface area contributed by atoms with Crippen LogP contribution in [-0.2, 0) is 42.9 Å². The molecule has 1 aromatic rings. The van der Waals surface area contributed by atoms with E-state index in [9.17, 15) is 24.0 Å². The van der Waals surface area contributed by atoms with Crippen LogP contribution in [0.2, 0.25) is 0 Å². The summed E-state index contributed by atoms with van der Waals surface area (Å²) < 4.78 is 18.8. The fraction of sp³-hybridized carbons (Fsp3) is 0.433. The van der Waals surface area contributed by atoms with Crippen LogP contribution in [0.1, 0.15) is 45.2 Å². The number of rotatable bonds is 6. The van der Waals surface area contributed by atoms with E-state index < -0.39 is 33.5 Å². The van der Waals surface area contributed by atoms with Crippen molar-refractivity contribution in [2.75, 3.05) is 33.3 Å². The molecule has 10 nitrogen and oxygen atoms in total. The Morgan fingerprint density at radius 1 is 0.837 bits per heavy atom. The summed E-state index contributed by atoms with van der Waals surface area (Å²) in [5.74, 6) is -3.71. The topological polar surface area (TPSA) is 126 Å². The molecule has 0 fully saturated rings. The molecule has 3 aliphatic rings. The monoisotopic (exact) mass is 647 g/mol. The molecule has 0 aromatic heterocycles. The molecule has 0 aliphatic carbocycles. The zero-order valence-corrected chi connectivity index (χ0v) is 27.8. The number of ether oxygens (including phenoxy) is 4. The van der Waals surface area contributed by atoms with Gasteiger partial charge in [0.1, 0.15) is 18.8 Å². The van der Waals surface area contributed by atoms with Crippen LogP contribution in [-0.4, -0.2) is 67.8 Å². The summed E-state index contributed by atoms with van der Waals surface area (Å²) in [4.78, 5) is 69.4. The first kappa shape index (κ1) is 32.7. The molecule has 0 bridgehead atoms. The molecule has 4 rings (SSSR count). The van der Waals surface area contributed by atoms with Crippen molar-refractivity contribution < 1.29 is 42.9 Å². The van der Waals surface area contributed by atoms with E-state index in [0.29, 0.717) is 28.1 Å². The van der Waals surface area contributed by atoms with Gasteiger partial charge >= 0.3 is 23.9 Å². The molecule has 0 saturated heterocycles. The van der Waals surface area contributed by atoms with Crippen LogP contribution in [0.4, 0.5) is 5.69 Å². The third kappa shape index (κ3) is 5.08. The van der Waals surface area contributed by atoms with Gasteiger partial charge in [0, 0.05) is 22.0 Å². The normalized spacial score (nSPS) is 19.0. The second-order valence-electron chi connectivity index (χ2n) is 10.5. The summed E-state index contributed by atoms with van der Waals surface area (Å²) >= 11 is 2.82. The standard InChI is InChI=1S/C30H33NO9S3/c1-10-15(3)24(32)31-17-13-14(2)11-12-16(17)18-23(29(31,4)5)41-20(26(34)38-7)19(25(33)37-6)30(18)42-21(27(35)39-8)22(43-30)28(36)40-9/h11-13,15H,10H2,1-9H3/t15-/m0/s1. The van der Waals surface area contributed by atoms with E-state index >= 15 is 0 Å². The highest BCUT2D eigenvalue weighted by Gasteiger charge is 2.61. The lowest BCUT2D eigenvalue weighted by atomic mass is 9.82. The number of esters is 4. The number of fused-ring (bicyclic) bond motifs is 3. The Hall–Kier alpha value is -3.16. The molecule has 1 atom stereocenters. The van der Waals surface area contributed by atoms with Gasteiger partial charge in [-0.15, -0.1) is 0 Å². The molecule has 0 N–H and O–H groups in total. The van der Waals surface area contributed by atoms with Crippen LogP contribution >= 0.6 is 35.3 Å². The van der Waals surface area contributed by atoms with E-state index in [2.05, 4.69) is 0 Å².